The molecule has 0 atom stereocenters. The number of benzene rings is 2. The van der Waals surface area contributed by atoms with Crippen molar-refractivity contribution in [3.05, 3.63) is 42.0 Å². The highest BCUT2D eigenvalue weighted by Gasteiger charge is 2.40. The molecule has 0 aromatic heterocycles. The summed E-state index contributed by atoms with van der Waals surface area (Å²) in [5, 5.41) is 0. The lowest BCUT2D eigenvalue weighted by molar-refractivity contribution is 0.0868. The number of amides is 1. The third-order valence-electron chi connectivity index (χ3n) is 6.54. The van der Waals surface area contributed by atoms with Crippen molar-refractivity contribution in [3.8, 4) is 17.2 Å². The van der Waals surface area contributed by atoms with Crippen molar-refractivity contribution in [2.45, 2.75) is 17.7 Å². The van der Waals surface area contributed by atoms with E-state index >= 15 is 0 Å². The van der Waals surface area contributed by atoms with Crippen molar-refractivity contribution in [2.75, 3.05) is 64.5 Å². The SMILES string of the molecule is COc1cc2c(c(N3CCN(CCCCN4C(=O)c5ccccc5S4(=O)=O)CC3)c1)OCCO2. The first-order valence-corrected chi connectivity index (χ1v) is 13.0. The molecule has 0 bridgehead atoms. The van der Waals surface area contributed by atoms with Crippen LogP contribution < -0.4 is 19.1 Å². The normalized spacial score (nSPS) is 19.3. The Kier molecular flexibility index (Phi) is 6.26. The van der Waals surface area contributed by atoms with Crippen molar-refractivity contribution < 1.29 is 27.4 Å². The number of hydrogen-bond acceptors (Lipinski definition) is 8. The van der Waals surface area contributed by atoms with E-state index in [1.807, 2.05) is 12.1 Å². The van der Waals surface area contributed by atoms with Gasteiger partial charge in [-0.3, -0.25) is 9.69 Å². The predicted octanol–water partition coefficient (Wildman–Crippen LogP) is 2.21. The van der Waals surface area contributed by atoms with Gasteiger partial charge in [0.05, 0.1) is 18.4 Å². The minimum absolute atomic E-state index is 0.116. The van der Waals surface area contributed by atoms with Crippen LogP contribution in [0.1, 0.15) is 23.2 Å². The van der Waals surface area contributed by atoms with Gasteiger partial charge in [-0.25, -0.2) is 12.7 Å². The number of methoxy groups -OCH3 is 1. The van der Waals surface area contributed by atoms with Gasteiger partial charge in [-0.15, -0.1) is 0 Å². The maximum absolute atomic E-state index is 12.7. The van der Waals surface area contributed by atoms with E-state index in [-0.39, 0.29) is 17.0 Å². The Labute approximate surface area is 199 Å². The van der Waals surface area contributed by atoms with Crippen LogP contribution in [-0.4, -0.2) is 83.1 Å². The molecule has 0 saturated carbocycles. The molecule has 0 spiro atoms. The van der Waals surface area contributed by atoms with E-state index in [9.17, 15) is 13.2 Å². The minimum atomic E-state index is -3.72. The number of carbonyl (C=O) groups is 1. The molecule has 2 aromatic rings. The quantitative estimate of drug-likeness (QED) is 0.550. The molecule has 0 unspecified atom stereocenters. The lowest BCUT2D eigenvalue weighted by Crippen LogP contribution is -2.47. The highest BCUT2D eigenvalue weighted by molar-refractivity contribution is 7.90. The third-order valence-corrected chi connectivity index (χ3v) is 8.38. The van der Waals surface area contributed by atoms with Gasteiger partial charge in [0, 0.05) is 44.9 Å². The van der Waals surface area contributed by atoms with Crippen molar-refractivity contribution >= 4 is 21.6 Å². The van der Waals surface area contributed by atoms with E-state index in [2.05, 4.69) is 9.80 Å². The average molecular weight is 488 g/mol. The topological polar surface area (TPSA) is 88.6 Å². The second kappa shape index (κ2) is 9.34. The lowest BCUT2D eigenvalue weighted by atomic mass is 10.2. The molecule has 182 valence electrons. The first-order chi connectivity index (χ1) is 16.5. The number of ether oxygens (including phenoxy) is 3. The number of fused-ring (bicyclic) bond motifs is 2. The van der Waals surface area contributed by atoms with Crippen LogP contribution in [0.15, 0.2) is 41.3 Å². The van der Waals surface area contributed by atoms with E-state index in [0.29, 0.717) is 19.6 Å². The van der Waals surface area contributed by atoms with Gasteiger partial charge in [0.15, 0.2) is 11.5 Å². The Balaban J connectivity index is 1.13. The standard InChI is InChI=1S/C24H29N3O6S/c1-31-18-16-20(23-21(17-18)32-14-15-33-23)26-12-10-25(11-13-26)8-4-5-9-27-24(28)19-6-2-3-7-22(19)34(27,29)30/h2-3,6-7,16-17H,4-5,8-15H2,1H3. The van der Waals surface area contributed by atoms with Gasteiger partial charge < -0.3 is 19.1 Å². The molecule has 5 rings (SSSR count). The van der Waals surface area contributed by atoms with Gasteiger partial charge in [-0.1, -0.05) is 12.1 Å². The Morgan fingerprint density at radius 3 is 2.47 bits per heavy atom. The second-order valence-corrected chi connectivity index (χ2v) is 10.4. The minimum Gasteiger partial charge on any atom is -0.497 e. The number of rotatable bonds is 7. The first kappa shape index (κ1) is 22.8. The summed E-state index contributed by atoms with van der Waals surface area (Å²) < 4.78 is 43.4. The molecule has 3 aliphatic heterocycles. The number of anilines is 1. The summed E-state index contributed by atoms with van der Waals surface area (Å²) in [6, 6.07) is 10.3. The van der Waals surface area contributed by atoms with Gasteiger partial charge in [-0.05, 0) is 31.5 Å². The first-order valence-electron chi connectivity index (χ1n) is 11.6. The summed E-state index contributed by atoms with van der Waals surface area (Å²) >= 11 is 0. The average Bonchev–Trinajstić information content (AvgIpc) is 3.06. The number of carbonyl (C=O) groups excluding carboxylic acids is 1. The van der Waals surface area contributed by atoms with Crippen LogP contribution in [0, 0.1) is 0 Å². The smallest absolute Gasteiger partial charge is 0.269 e. The zero-order valence-electron chi connectivity index (χ0n) is 19.2. The predicted molar refractivity (Wildman–Crippen MR) is 127 cm³/mol. The molecule has 10 heteroatoms. The van der Waals surface area contributed by atoms with Crippen LogP contribution in [0.5, 0.6) is 17.2 Å². The summed E-state index contributed by atoms with van der Waals surface area (Å²) in [7, 11) is -2.08. The Hall–Kier alpha value is -2.98. The molecule has 3 aliphatic rings. The largest absolute Gasteiger partial charge is 0.497 e. The maximum atomic E-state index is 12.7. The monoisotopic (exact) mass is 487 g/mol. The number of nitrogens with zero attached hydrogens (tertiary/aromatic N) is 3. The van der Waals surface area contributed by atoms with Crippen molar-refractivity contribution in [1.82, 2.24) is 9.21 Å². The molecule has 1 fully saturated rings. The third kappa shape index (κ3) is 4.16. The van der Waals surface area contributed by atoms with E-state index in [4.69, 9.17) is 14.2 Å². The van der Waals surface area contributed by atoms with Crippen LogP contribution in [0.3, 0.4) is 0 Å². The summed E-state index contributed by atoms with van der Waals surface area (Å²) in [6.07, 6.45) is 1.45. The molecule has 2 aromatic carbocycles. The number of sulfonamides is 1. The molecule has 0 aliphatic carbocycles. The van der Waals surface area contributed by atoms with E-state index in [0.717, 1.165) is 66.4 Å². The van der Waals surface area contributed by atoms with Crippen LogP contribution in [0.4, 0.5) is 5.69 Å². The number of unbranched alkanes of at least 4 members (excludes halogenated alkanes) is 1. The van der Waals surface area contributed by atoms with Gasteiger partial charge in [0.25, 0.3) is 15.9 Å². The van der Waals surface area contributed by atoms with Crippen LogP contribution in [0.2, 0.25) is 0 Å². The molecule has 0 N–H and O–H groups in total. The van der Waals surface area contributed by atoms with Gasteiger partial charge >= 0.3 is 0 Å². The van der Waals surface area contributed by atoms with Crippen LogP contribution in [0.25, 0.3) is 0 Å². The fourth-order valence-electron chi connectivity index (χ4n) is 4.72. The van der Waals surface area contributed by atoms with E-state index in [1.54, 1.807) is 25.3 Å². The Morgan fingerprint density at radius 1 is 0.971 bits per heavy atom. The second-order valence-electron chi connectivity index (χ2n) is 8.58. The van der Waals surface area contributed by atoms with E-state index in [1.165, 1.54) is 6.07 Å². The van der Waals surface area contributed by atoms with E-state index < -0.39 is 15.9 Å². The summed E-state index contributed by atoms with van der Waals surface area (Å²) in [4.78, 5) is 17.3. The van der Waals surface area contributed by atoms with Gasteiger partial charge in [0.2, 0.25) is 0 Å². The number of hydrogen-bond donors (Lipinski definition) is 0. The maximum Gasteiger partial charge on any atom is 0.269 e. The molecule has 0 radical (unpaired) electrons. The van der Waals surface area contributed by atoms with Crippen molar-refractivity contribution in [3.63, 3.8) is 0 Å². The number of piperazine rings is 1. The molecule has 3 heterocycles. The fourth-order valence-corrected chi connectivity index (χ4v) is 6.33. The molecule has 9 nitrogen and oxygen atoms in total. The zero-order valence-corrected chi connectivity index (χ0v) is 20.1. The summed E-state index contributed by atoms with van der Waals surface area (Å²) in [5.74, 6) is 1.82. The molecule has 34 heavy (non-hydrogen) atoms. The molecular weight excluding hydrogens is 458 g/mol. The zero-order chi connectivity index (χ0) is 23.7. The molecular formula is C24H29N3O6S. The molecule has 1 amide bonds. The fraction of sp³-hybridized carbons (Fsp3) is 0.458. The Bertz CT molecular complexity index is 1180. The van der Waals surface area contributed by atoms with Crippen molar-refractivity contribution in [2.24, 2.45) is 0 Å². The van der Waals surface area contributed by atoms with Gasteiger partial charge in [0.1, 0.15) is 23.9 Å². The van der Waals surface area contributed by atoms with Gasteiger partial charge in [-0.2, -0.15) is 0 Å². The highest BCUT2D eigenvalue weighted by atomic mass is 32.2. The molecule has 1 saturated heterocycles. The lowest BCUT2D eigenvalue weighted by Gasteiger charge is -2.37. The highest BCUT2D eigenvalue weighted by Crippen LogP contribution is 2.43. The van der Waals surface area contributed by atoms with Crippen LogP contribution in [-0.2, 0) is 10.0 Å². The Morgan fingerprint density at radius 2 is 1.71 bits per heavy atom. The summed E-state index contributed by atoms with van der Waals surface area (Å²) in [5.41, 5.74) is 1.26. The van der Waals surface area contributed by atoms with Crippen LogP contribution >= 0.6 is 0 Å². The summed E-state index contributed by atoms with van der Waals surface area (Å²) in [6.45, 7) is 5.60. The van der Waals surface area contributed by atoms with Crippen molar-refractivity contribution in [1.29, 1.82) is 0 Å².